The molecule has 1 fully saturated rings. The number of nitriles is 1. The molecule has 1 amide bonds. The molecule has 0 aliphatic carbocycles. The first-order chi connectivity index (χ1) is 7.07. The van der Waals surface area contributed by atoms with Gasteiger partial charge in [-0.25, -0.2) is 0 Å². The lowest BCUT2D eigenvalue weighted by Crippen LogP contribution is -2.40. The first-order valence-electron chi connectivity index (χ1n) is 5.28. The van der Waals surface area contributed by atoms with Crippen LogP contribution in [0.15, 0.2) is 0 Å². The third kappa shape index (κ3) is 2.56. The Balaban J connectivity index is 2.68. The third-order valence-corrected chi connectivity index (χ3v) is 2.69. The Morgan fingerprint density at radius 1 is 1.67 bits per heavy atom. The highest BCUT2D eigenvalue weighted by molar-refractivity contribution is 5.93. The minimum atomic E-state index is -0.286. The lowest BCUT2D eigenvalue weighted by Gasteiger charge is -2.23. The van der Waals surface area contributed by atoms with Crippen LogP contribution in [0.3, 0.4) is 0 Å². The van der Waals surface area contributed by atoms with Gasteiger partial charge in [0.15, 0.2) is 5.78 Å². The van der Waals surface area contributed by atoms with Crippen molar-refractivity contribution in [3.63, 3.8) is 0 Å². The van der Waals surface area contributed by atoms with Gasteiger partial charge in [0, 0.05) is 18.9 Å². The SMILES string of the molecule is CC(C)C(=O)[C@@H]1CCC(=O)N1CCC#N. The van der Waals surface area contributed by atoms with E-state index in [-0.39, 0.29) is 23.7 Å². The predicted octanol–water partition coefficient (Wildman–Crippen LogP) is 1.12. The molecule has 4 nitrogen and oxygen atoms in total. The fourth-order valence-electron chi connectivity index (χ4n) is 1.87. The number of nitrogens with zero attached hydrogens (tertiary/aromatic N) is 2. The molecule has 0 aromatic heterocycles. The molecule has 0 saturated carbocycles. The minimum absolute atomic E-state index is 0.00394. The number of hydrogen-bond donors (Lipinski definition) is 0. The monoisotopic (exact) mass is 208 g/mol. The zero-order valence-electron chi connectivity index (χ0n) is 9.19. The summed E-state index contributed by atoms with van der Waals surface area (Å²) in [6.07, 6.45) is 1.35. The highest BCUT2D eigenvalue weighted by Gasteiger charge is 2.36. The molecular formula is C11H16N2O2. The highest BCUT2D eigenvalue weighted by Crippen LogP contribution is 2.22. The molecule has 1 aliphatic rings. The highest BCUT2D eigenvalue weighted by atomic mass is 16.2. The van der Waals surface area contributed by atoms with Gasteiger partial charge in [0.1, 0.15) is 0 Å². The van der Waals surface area contributed by atoms with Crippen LogP contribution in [0.1, 0.15) is 33.1 Å². The summed E-state index contributed by atoms with van der Waals surface area (Å²) in [6, 6.07) is 1.71. The van der Waals surface area contributed by atoms with E-state index >= 15 is 0 Å². The molecule has 0 aromatic rings. The molecule has 1 heterocycles. The van der Waals surface area contributed by atoms with E-state index in [0.29, 0.717) is 25.8 Å². The van der Waals surface area contributed by atoms with Crippen molar-refractivity contribution in [2.45, 2.75) is 39.2 Å². The van der Waals surface area contributed by atoms with E-state index in [9.17, 15) is 9.59 Å². The smallest absolute Gasteiger partial charge is 0.223 e. The summed E-state index contributed by atoms with van der Waals surface area (Å²) in [4.78, 5) is 24.8. The number of carbonyl (C=O) groups excluding carboxylic acids is 2. The van der Waals surface area contributed by atoms with Gasteiger partial charge in [-0.15, -0.1) is 0 Å². The maximum atomic E-state index is 11.8. The zero-order chi connectivity index (χ0) is 11.4. The summed E-state index contributed by atoms with van der Waals surface area (Å²) < 4.78 is 0. The number of ketones is 1. The van der Waals surface area contributed by atoms with Gasteiger partial charge in [-0.2, -0.15) is 5.26 Å². The van der Waals surface area contributed by atoms with Crippen molar-refractivity contribution < 1.29 is 9.59 Å². The van der Waals surface area contributed by atoms with Gasteiger partial charge < -0.3 is 4.90 Å². The Morgan fingerprint density at radius 3 is 2.87 bits per heavy atom. The van der Waals surface area contributed by atoms with Crippen molar-refractivity contribution in [1.29, 1.82) is 5.26 Å². The lowest BCUT2D eigenvalue weighted by molar-refractivity contribution is -0.135. The van der Waals surface area contributed by atoms with Gasteiger partial charge in [0.2, 0.25) is 5.91 Å². The molecule has 0 radical (unpaired) electrons. The van der Waals surface area contributed by atoms with E-state index < -0.39 is 0 Å². The number of Topliss-reactive ketones (excluding diaryl/α,β-unsaturated/α-hetero) is 1. The van der Waals surface area contributed by atoms with Crippen LogP contribution in [0.4, 0.5) is 0 Å². The number of hydrogen-bond acceptors (Lipinski definition) is 3. The lowest BCUT2D eigenvalue weighted by atomic mass is 10.00. The molecule has 0 aromatic carbocycles. The molecule has 0 unspecified atom stereocenters. The van der Waals surface area contributed by atoms with E-state index in [1.165, 1.54) is 0 Å². The number of rotatable bonds is 4. The zero-order valence-corrected chi connectivity index (χ0v) is 9.19. The Kier molecular flexibility index (Phi) is 3.84. The van der Waals surface area contributed by atoms with Gasteiger partial charge >= 0.3 is 0 Å². The maximum Gasteiger partial charge on any atom is 0.223 e. The Labute approximate surface area is 89.9 Å². The molecule has 0 N–H and O–H groups in total. The third-order valence-electron chi connectivity index (χ3n) is 2.69. The van der Waals surface area contributed by atoms with Gasteiger partial charge in [-0.3, -0.25) is 9.59 Å². The molecule has 1 rings (SSSR count). The molecule has 15 heavy (non-hydrogen) atoms. The van der Waals surface area contributed by atoms with Crippen LogP contribution >= 0.6 is 0 Å². The average molecular weight is 208 g/mol. The van der Waals surface area contributed by atoms with Gasteiger partial charge in [0.05, 0.1) is 18.5 Å². The summed E-state index contributed by atoms with van der Waals surface area (Å²) in [5.41, 5.74) is 0. The normalized spacial score (nSPS) is 20.8. The largest absolute Gasteiger partial charge is 0.332 e. The molecule has 1 aliphatic heterocycles. The molecular weight excluding hydrogens is 192 g/mol. The summed E-state index contributed by atoms with van der Waals surface area (Å²) in [7, 11) is 0. The van der Waals surface area contributed by atoms with Crippen LogP contribution in [0.5, 0.6) is 0 Å². The van der Waals surface area contributed by atoms with E-state index in [0.717, 1.165) is 0 Å². The fraction of sp³-hybridized carbons (Fsp3) is 0.727. The standard InChI is InChI=1S/C11H16N2O2/c1-8(2)11(15)9-4-5-10(14)13(9)7-3-6-12/h8-9H,3-5,7H2,1-2H3/t9-/m0/s1. The van der Waals surface area contributed by atoms with Crippen LogP contribution in [0, 0.1) is 17.2 Å². The van der Waals surface area contributed by atoms with Crippen molar-refractivity contribution >= 4 is 11.7 Å². The van der Waals surface area contributed by atoms with E-state index in [2.05, 4.69) is 0 Å². The number of carbonyl (C=O) groups is 2. The van der Waals surface area contributed by atoms with Crippen molar-refractivity contribution in [1.82, 2.24) is 4.90 Å². The Hall–Kier alpha value is -1.37. The van der Waals surface area contributed by atoms with E-state index in [1.807, 2.05) is 19.9 Å². The quantitative estimate of drug-likeness (QED) is 0.695. The van der Waals surface area contributed by atoms with Crippen molar-refractivity contribution in [3.8, 4) is 6.07 Å². The van der Waals surface area contributed by atoms with Crippen molar-refractivity contribution in [2.75, 3.05) is 6.54 Å². The van der Waals surface area contributed by atoms with Gasteiger partial charge in [0.25, 0.3) is 0 Å². The topological polar surface area (TPSA) is 61.2 Å². The van der Waals surface area contributed by atoms with Crippen molar-refractivity contribution in [3.05, 3.63) is 0 Å². The molecule has 0 bridgehead atoms. The molecule has 0 spiro atoms. The van der Waals surface area contributed by atoms with Crippen molar-refractivity contribution in [2.24, 2.45) is 5.92 Å². The minimum Gasteiger partial charge on any atom is -0.332 e. The van der Waals surface area contributed by atoms with Crippen LogP contribution in [-0.4, -0.2) is 29.2 Å². The molecule has 82 valence electrons. The average Bonchev–Trinajstić information content (AvgIpc) is 2.55. The Bertz CT molecular complexity index is 304. The summed E-state index contributed by atoms with van der Waals surface area (Å²) in [5.74, 6) is 0.0634. The van der Waals surface area contributed by atoms with Crippen LogP contribution in [0.2, 0.25) is 0 Å². The second kappa shape index (κ2) is 4.92. The van der Waals surface area contributed by atoms with Gasteiger partial charge in [-0.05, 0) is 6.42 Å². The van der Waals surface area contributed by atoms with E-state index in [1.54, 1.807) is 4.90 Å². The molecule has 1 saturated heterocycles. The maximum absolute atomic E-state index is 11.8. The molecule has 4 heteroatoms. The molecule has 1 atom stereocenters. The second-order valence-corrected chi connectivity index (χ2v) is 4.11. The first kappa shape index (κ1) is 11.7. The Morgan fingerprint density at radius 2 is 2.33 bits per heavy atom. The fourth-order valence-corrected chi connectivity index (χ4v) is 1.87. The summed E-state index contributed by atoms with van der Waals surface area (Å²) in [6.45, 7) is 4.07. The predicted molar refractivity (Wildman–Crippen MR) is 54.8 cm³/mol. The number of likely N-dealkylation sites (tertiary alicyclic amines) is 1. The summed E-state index contributed by atoms with van der Waals surface area (Å²) >= 11 is 0. The van der Waals surface area contributed by atoms with E-state index in [4.69, 9.17) is 5.26 Å². The second-order valence-electron chi connectivity index (χ2n) is 4.11. The van der Waals surface area contributed by atoms with Crippen LogP contribution < -0.4 is 0 Å². The van der Waals surface area contributed by atoms with Gasteiger partial charge in [-0.1, -0.05) is 13.8 Å². The number of amides is 1. The first-order valence-corrected chi connectivity index (χ1v) is 5.28. The van der Waals surface area contributed by atoms with Crippen LogP contribution in [-0.2, 0) is 9.59 Å². The summed E-state index contributed by atoms with van der Waals surface area (Å²) in [5, 5.41) is 8.47. The van der Waals surface area contributed by atoms with Crippen LogP contribution in [0.25, 0.3) is 0 Å².